The number of hydrogen-bond acceptors (Lipinski definition) is 2. The minimum absolute atomic E-state index is 0.240. The van der Waals surface area contributed by atoms with E-state index < -0.39 is 5.41 Å². The van der Waals surface area contributed by atoms with Gasteiger partial charge in [-0.05, 0) is 49.1 Å². The molecule has 0 unspecified atom stereocenters. The predicted molar refractivity (Wildman–Crippen MR) is 90.7 cm³/mol. The van der Waals surface area contributed by atoms with Crippen molar-refractivity contribution in [1.82, 2.24) is 4.90 Å². The van der Waals surface area contributed by atoms with Crippen LogP contribution in [0.2, 0.25) is 0 Å². The molecule has 2 N–H and O–H groups in total. The van der Waals surface area contributed by atoms with E-state index in [0.29, 0.717) is 6.54 Å². The van der Waals surface area contributed by atoms with E-state index in [-0.39, 0.29) is 11.8 Å². The summed E-state index contributed by atoms with van der Waals surface area (Å²) in [6.07, 6.45) is 0.868. The van der Waals surface area contributed by atoms with Gasteiger partial charge < -0.3 is 10.6 Å². The van der Waals surface area contributed by atoms with E-state index >= 15 is 0 Å². The van der Waals surface area contributed by atoms with Crippen molar-refractivity contribution in [3.05, 3.63) is 48.0 Å². The molecule has 1 aliphatic rings. The zero-order valence-corrected chi connectivity index (χ0v) is 13.4. The molecule has 0 aromatic heterocycles. The molecule has 1 fully saturated rings. The second kappa shape index (κ2) is 5.73. The number of benzene rings is 2. The SMILES string of the molecule is CCN(CC)C(=O)[C@@]1(c2cccc3ccccc23)C[C@H]1CN. The average molecular weight is 296 g/mol. The molecule has 0 saturated heterocycles. The molecule has 0 aliphatic heterocycles. The Balaban J connectivity index is 2.14. The molecule has 2 aromatic rings. The molecule has 1 saturated carbocycles. The fraction of sp³-hybridized carbons (Fsp3) is 0.421. The molecule has 0 radical (unpaired) electrons. The van der Waals surface area contributed by atoms with Gasteiger partial charge in [-0.1, -0.05) is 42.5 Å². The highest BCUT2D eigenvalue weighted by Crippen LogP contribution is 2.56. The van der Waals surface area contributed by atoms with Crippen molar-refractivity contribution < 1.29 is 4.79 Å². The van der Waals surface area contributed by atoms with Crippen LogP contribution in [0.1, 0.15) is 25.8 Å². The number of nitrogens with two attached hydrogens (primary N) is 1. The molecular formula is C19H24N2O. The van der Waals surface area contributed by atoms with Gasteiger partial charge in [0.25, 0.3) is 0 Å². The Kier molecular flexibility index (Phi) is 3.92. The number of amides is 1. The monoisotopic (exact) mass is 296 g/mol. The first kappa shape index (κ1) is 15.0. The van der Waals surface area contributed by atoms with Crippen molar-refractivity contribution in [2.45, 2.75) is 25.7 Å². The number of fused-ring (bicyclic) bond motifs is 1. The number of likely N-dealkylation sites (N-methyl/N-ethyl adjacent to an activating group) is 1. The molecule has 1 aliphatic carbocycles. The van der Waals surface area contributed by atoms with Gasteiger partial charge in [0.2, 0.25) is 5.91 Å². The van der Waals surface area contributed by atoms with Crippen molar-refractivity contribution in [2.75, 3.05) is 19.6 Å². The van der Waals surface area contributed by atoms with Crippen LogP contribution in [-0.4, -0.2) is 30.4 Å². The third kappa shape index (κ3) is 2.12. The van der Waals surface area contributed by atoms with Gasteiger partial charge in [-0.25, -0.2) is 0 Å². The maximum absolute atomic E-state index is 13.2. The Bertz CT molecular complexity index is 687. The molecule has 3 heteroatoms. The lowest BCUT2D eigenvalue weighted by Crippen LogP contribution is -2.41. The molecular weight excluding hydrogens is 272 g/mol. The highest BCUT2D eigenvalue weighted by Gasteiger charge is 2.61. The predicted octanol–water partition coefficient (Wildman–Crippen LogP) is 2.92. The summed E-state index contributed by atoms with van der Waals surface area (Å²) in [7, 11) is 0. The summed E-state index contributed by atoms with van der Waals surface area (Å²) < 4.78 is 0. The fourth-order valence-corrected chi connectivity index (χ4v) is 3.73. The molecule has 3 nitrogen and oxygen atoms in total. The summed E-state index contributed by atoms with van der Waals surface area (Å²) >= 11 is 0. The van der Waals surface area contributed by atoms with Gasteiger partial charge >= 0.3 is 0 Å². The molecule has 22 heavy (non-hydrogen) atoms. The molecule has 1 amide bonds. The van der Waals surface area contributed by atoms with Crippen LogP contribution in [-0.2, 0) is 10.2 Å². The maximum atomic E-state index is 13.2. The largest absolute Gasteiger partial charge is 0.342 e. The summed E-state index contributed by atoms with van der Waals surface area (Å²) in [6.45, 7) is 6.14. The van der Waals surface area contributed by atoms with E-state index in [1.165, 1.54) is 10.8 Å². The Hall–Kier alpha value is -1.87. The average Bonchev–Trinajstić information content (AvgIpc) is 3.31. The van der Waals surface area contributed by atoms with Gasteiger partial charge in [0.15, 0.2) is 0 Å². The number of hydrogen-bond donors (Lipinski definition) is 1. The standard InChI is InChI=1S/C19H24N2O/c1-3-21(4-2)18(22)19(12-15(19)13-20)17-11-7-9-14-8-5-6-10-16(14)17/h5-11,15H,3-4,12-13,20H2,1-2H3/t15-,19-/m0/s1. The molecule has 116 valence electrons. The Morgan fingerprint density at radius 1 is 1.18 bits per heavy atom. The summed E-state index contributed by atoms with van der Waals surface area (Å²) in [5.74, 6) is 0.496. The third-order valence-electron chi connectivity index (χ3n) is 5.09. The lowest BCUT2D eigenvalue weighted by Gasteiger charge is -2.27. The van der Waals surface area contributed by atoms with Gasteiger partial charge in [0.05, 0.1) is 5.41 Å². The van der Waals surface area contributed by atoms with Gasteiger partial charge in [0.1, 0.15) is 0 Å². The fourth-order valence-electron chi connectivity index (χ4n) is 3.73. The Morgan fingerprint density at radius 2 is 1.86 bits per heavy atom. The van der Waals surface area contributed by atoms with E-state index in [9.17, 15) is 4.79 Å². The second-order valence-electron chi connectivity index (χ2n) is 6.11. The van der Waals surface area contributed by atoms with Crippen LogP contribution in [0, 0.1) is 5.92 Å². The minimum atomic E-state index is -0.415. The summed E-state index contributed by atoms with van der Waals surface area (Å²) in [6, 6.07) is 14.6. The zero-order valence-electron chi connectivity index (χ0n) is 13.4. The van der Waals surface area contributed by atoms with Gasteiger partial charge in [-0.2, -0.15) is 0 Å². The number of carbonyl (C=O) groups is 1. The second-order valence-corrected chi connectivity index (χ2v) is 6.11. The van der Waals surface area contributed by atoms with Gasteiger partial charge in [-0.3, -0.25) is 4.79 Å². The first-order valence-electron chi connectivity index (χ1n) is 8.16. The van der Waals surface area contributed by atoms with Crippen LogP contribution in [0.15, 0.2) is 42.5 Å². The maximum Gasteiger partial charge on any atom is 0.233 e. The third-order valence-corrected chi connectivity index (χ3v) is 5.09. The van der Waals surface area contributed by atoms with Crippen molar-refractivity contribution in [1.29, 1.82) is 0 Å². The van der Waals surface area contributed by atoms with Crippen LogP contribution < -0.4 is 5.73 Å². The quantitative estimate of drug-likeness (QED) is 0.922. The van der Waals surface area contributed by atoms with Gasteiger partial charge in [0, 0.05) is 13.1 Å². The van der Waals surface area contributed by atoms with E-state index in [4.69, 9.17) is 5.73 Å². The number of nitrogens with zero attached hydrogens (tertiary/aromatic N) is 1. The van der Waals surface area contributed by atoms with Crippen LogP contribution in [0.4, 0.5) is 0 Å². The topological polar surface area (TPSA) is 46.3 Å². The Morgan fingerprint density at radius 3 is 2.50 bits per heavy atom. The Labute approximate surface area is 132 Å². The summed E-state index contributed by atoms with van der Waals surface area (Å²) in [4.78, 5) is 15.1. The molecule has 2 aromatic carbocycles. The van der Waals surface area contributed by atoms with Crippen molar-refractivity contribution >= 4 is 16.7 Å². The van der Waals surface area contributed by atoms with Crippen LogP contribution in [0.5, 0.6) is 0 Å². The van der Waals surface area contributed by atoms with Crippen molar-refractivity contribution in [3.8, 4) is 0 Å². The summed E-state index contributed by atoms with van der Waals surface area (Å²) in [5.41, 5.74) is 6.68. The van der Waals surface area contributed by atoms with Crippen LogP contribution >= 0.6 is 0 Å². The zero-order chi connectivity index (χ0) is 15.7. The normalized spacial score (nSPS) is 23.5. The van der Waals surface area contributed by atoms with Crippen molar-refractivity contribution in [3.63, 3.8) is 0 Å². The lowest BCUT2D eigenvalue weighted by molar-refractivity contribution is -0.134. The molecule has 0 spiro atoms. The minimum Gasteiger partial charge on any atom is -0.342 e. The van der Waals surface area contributed by atoms with Crippen LogP contribution in [0.3, 0.4) is 0 Å². The highest BCUT2D eigenvalue weighted by atomic mass is 16.2. The highest BCUT2D eigenvalue weighted by molar-refractivity contribution is 5.98. The number of carbonyl (C=O) groups excluding carboxylic acids is 1. The van der Waals surface area contributed by atoms with Gasteiger partial charge in [-0.15, -0.1) is 0 Å². The molecule has 0 heterocycles. The van der Waals surface area contributed by atoms with E-state index in [1.807, 2.05) is 30.9 Å². The lowest BCUT2D eigenvalue weighted by atomic mass is 9.87. The van der Waals surface area contributed by atoms with E-state index in [1.54, 1.807) is 0 Å². The molecule has 3 rings (SSSR count). The van der Waals surface area contributed by atoms with E-state index in [0.717, 1.165) is 25.1 Å². The summed E-state index contributed by atoms with van der Waals surface area (Å²) in [5, 5.41) is 2.37. The smallest absolute Gasteiger partial charge is 0.233 e. The number of rotatable bonds is 5. The van der Waals surface area contributed by atoms with E-state index in [2.05, 4.69) is 30.3 Å². The molecule has 2 atom stereocenters. The van der Waals surface area contributed by atoms with Crippen molar-refractivity contribution in [2.24, 2.45) is 11.7 Å². The first-order chi connectivity index (χ1) is 10.7. The first-order valence-corrected chi connectivity index (χ1v) is 8.16. The molecule has 0 bridgehead atoms. The van der Waals surface area contributed by atoms with Crippen LogP contribution in [0.25, 0.3) is 10.8 Å².